The van der Waals surface area contributed by atoms with Gasteiger partial charge in [0.05, 0.1) is 18.6 Å². The molecule has 2 N–H and O–H groups in total. The third kappa shape index (κ3) is 6.43. The topological polar surface area (TPSA) is 76.7 Å². The third-order valence-electron chi connectivity index (χ3n) is 2.77. The quantitative estimate of drug-likeness (QED) is 0.772. The number of alkyl carbamates (subject to hydrolysis) is 1. The maximum atomic E-state index is 11.8. The van der Waals surface area contributed by atoms with Gasteiger partial charge in [0.15, 0.2) is 0 Å². The fourth-order valence-electron chi connectivity index (χ4n) is 2.00. The minimum atomic E-state index is -0.550. The van der Waals surface area contributed by atoms with E-state index in [9.17, 15) is 9.59 Å². The monoisotopic (exact) mass is 308 g/mol. The van der Waals surface area contributed by atoms with Crippen molar-refractivity contribution in [3.05, 3.63) is 0 Å². The van der Waals surface area contributed by atoms with Crippen LogP contribution in [-0.2, 0) is 14.3 Å². The van der Waals surface area contributed by atoms with Gasteiger partial charge in [-0.1, -0.05) is 0 Å². The molecule has 118 valence electrons. The molecule has 0 aromatic rings. The molecule has 1 saturated heterocycles. The van der Waals surface area contributed by atoms with E-state index < -0.39 is 11.7 Å². The van der Waals surface area contributed by atoms with Crippen molar-refractivity contribution < 1.29 is 19.1 Å². The van der Waals surface area contributed by atoms with Gasteiger partial charge in [-0.3, -0.25) is 4.79 Å². The third-order valence-corrected chi connectivity index (χ3v) is 2.77. The van der Waals surface area contributed by atoms with Gasteiger partial charge >= 0.3 is 12.1 Å². The lowest BCUT2D eigenvalue weighted by molar-refractivity contribution is -0.149. The van der Waals surface area contributed by atoms with Crippen LogP contribution in [0.25, 0.3) is 0 Å². The number of rotatable bonds is 3. The zero-order valence-electron chi connectivity index (χ0n) is 12.5. The number of hydrogen-bond donors (Lipinski definition) is 2. The summed E-state index contributed by atoms with van der Waals surface area (Å²) in [5.74, 6) is -0.571. The van der Waals surface area contributed by atoms with Crippen LogP contribution in [0.4, 0.5) is 4.79 Å². The second-order valence-electron chi connectivity index (χ2n) is 5.60. The van der Waals surface area contributed by atoms with Gasteiger partial charge in [0.1, 0.15) is 5.60 Å². The molecule has 0 aliphatic carbocycles. The van der Waals surface area contributed by atoms with Crippen LogP contribution in [0.2, 0.25) is 0 Å². The molecule has 0 saturated carbocycles. The molecule has 2 atom stereocenters. The van der Waals surface area contributed by atoms with E-state index >= 15 is 0 Å². The number of piperidine rings is 1. The van der Waals surface area contributed by atoms with Crippen LogP contribution in [-0.4, -0.2) is 43.4 Å². The second-order valence-corrected chi connectivity index (χ2v) is 5.60. The molecule has 0 radical (unpaired) electrons. The molecule has 1 aliphatic heterocycles. The standard InChI is InChI=1S/C13H24N2O4.ClH/c1-5-18-11(16)9-6-7-14-8-10(9)15-12(17)19-13(2,3)4;/h9-10,14H,5-8H2,1-4H3,(H,15,17);1H/t9-,10+;/m1./s1. The molecular weight excluding hydrogens is 284 g/mol. The largest absolute Gasteiger partial charge is 0.466 e. The fourth-order valence-corrected chi connectivity index (χ4v) is 2.00. The molecule has 1 rings (SSSR count). The molecule has 7 heteroatoms. The summed E-state index contributed by atoms with van der Waals surface area (Å²) >= 11 is 0. The average molecular weight is 309 g/mol. The van der Waals surface area contributed by atoms with Crippen LogP contribution in [0.3, 0.4) is 0 Å². The number of esters is 1. The highest BCUT2D eigenvalue weighted by Gasteiger charge is 2.34. The summed E-state index contributed by atoms with van der Waals surface area (Å²) in [6.45, 7) is 8.81. The summed E-state index contributed by atoms with van der Waals surface area (Å²) in [6, 6.07) is -0.289. The van der Waals surface area contributed by atoms with Crippen molar-refractivity contribution in [2.45, 2.75) is 45.8 Å². The fraction of sp³-hybridized carbons (Fsp3) is 0.846. The van der Waals surface area contributed by atoms with Crippen molar-refractivity contribution in [2.75, 3.05) is 19.7 Å². The number of halogens is 1. The van der Waals surface area contributed by atoms with Gasteiger partial charge in [0.2, 0.25) is 0 Å². The Morgan fingerprint density at radius 1 is 1.35 bits per heavy atom. The first kappa shape index (κ1) is 19.0. The van der Waals surface area contributed by atoms with Crippen LogP contribution in [0.5, 0.6) is 0 Å². The Morgan fingerprint density at radius 2 is 2.00 bits per heavy atom. The molecule has 1 amide bonds. The smallest absolute Gasteiger partial charge is 0.407 e. The molecule has 1 heterocycles. The zero-order valence-corrected chi connectivity index (χ0v) is 13.3. The first-order chi connectivity index (χ1) is 8.83. The number of carbonyl (C=O) groups excluding carboxylic acids is 2. The van der Waals surface area contributed by atoms with Gasteiger partial charge in [0, 0.05) is 6.54 Å². The molecule has 0 bridgehead atoms. The predicted octanol–water partition coefficient (Wildman–Crippen LogP) is 1.47. The van der Waals surface area contributed by atoms with Crippen LogP contribution >= 0.6 is 12.4 Å². The van der Waals surface area contributed by atoms with Gasteiger partial charge in [0.25, 0.3) is 0 Å². The minimum absolute atomic E-state index is 0. The lowest BCUT2D eigenvalue weighted by atomic mass is 9.93. The maximum Gasteiger partial charge on any atom is 0.407 e. The van der Waals surface area contributed by atoms with Crippen molar-refractivity contribution in [3.63, 3.8) is 0 Å². The zero-order chi connectivity index (χ0) is 14.5. The normalized spacial score (nSPS) is 22.4. The maximum absolute atomic E-state index is 11.8. The molecule has 1 fully saturated rings. The van der Waals surface area contributed by atoms with E-state index in [2.05, 4.69) is 10.6 Å². The average Bonchev–Trinajstić information content (AvgIpc) is 2.27. The van der Waals surface area contributed by atoms with Crippen LogP contribution in [0.15, 0.2) is 0 Å². The van der Waals surface area contributed by atoms with Crippen molar-refractivity contribution >= 4 is 24.5 Å². The van der Waals surface area contributed by atoms with E-state index in [0.717, 1.165) is 6.54 Å². The van der Waals surface area contributed by atoms with E-state index in [1.54, 1.807) is 27.7 Å². The number of hydrogen-bond acceptors (Lipinski definition) is 5. The van der Waals surface area contributed by atoms with Gasteiger partial charge < -0.3 is 20.1 Å². The Bertz CT molecular complexity index is 331. The Kier molecular flexibility index (Phi) is 7.90. The van der Waals surface area contributed by atoms with Crippen LogP contribution in [0, 0.1) is 5.92 Å². The molecule has 0 aromatic heterocycles. The van der Waals surface area contributed by atoms with Crippen molar-refractivity contribution in [1.29, 1.82) is 0 Å². The lowest BCUT2D eigenvalue weighted by Crippen LogP contribution is -2.54. The second kappa shape index (κ2) is 8.32. The van der Waals surface area contributed by atoms with Gasteiger partial charge in [-0.2, -0.15) is 0 Å². The number of carbonyl (C=O) groups is 2. The van der Waals surface area contributed by atoms with Crippen LogP contribution < -0.4 is 10.6 Å². The number of amides is 1. The molecule has 1 aliphatic rings. The van der Waals surface area contributed by atoms with E-state index in [1.807, 2.05) is 0 Å². The summed E-state index contributed by atoms with van der Waals surface area (Å²) in [4.78, 5) is 23.6. The molecular formula is C13H25ClN2O4. The summed E-state index contributed by atoms with van der Waals surface area (Å²) in [7, 11) is 0. The highest BCUT2D eigenvalue weighted by molar-refractivity contribution is 5.85. The lowest BCUT2D eigenvalue weighted by Gasteiger charge is -2.31. The predicted molar refractivity (Wildman–Crippen MR) is 78.0 cm³/mol. The Labute approximate surface area is 126 Å². The SMILES string of the molecule is CCOC(=O)[C@@H]1CCNC[C@@H]1NC(=O)OC(C)(C)C.Cl. The first-order valence-electron chi connectivity index (χ1n) is 6.70. The van der Waals surface area contributed by atoms with Crippen molar-refractivity contribution in [2.24, 2.45) is 5.92 Å². The molecule has 6 nitrogen and oxygen atoms in total. The number of ether oxygens (including phenoxy) is 2. The summed E-state index contributed by atoms with van der Waals surface area (Å²) in [6.07, 6.45) is 0.148. The first-order valence-corrected chi connectivity index (χ1v) is 6.70. The highest BCUT2D eigenvalue weighted by atomic mass is 35.5. The molecule has 0 spiro atoms. The van der Waals surface area contributed by atoms with Gasteiger partial charge in [-0.25, -0.2) is 4.79 Å². The minimum Gasteiger partial charge on any atom is -0.466 e. The Morgan fingerprint density at radius 3 is 2.55 bits per heavy atom. The number of nitrogens with one attached hydrogen (secondary N) is 2. The molecule has 0 aromatic carbocycles. The highest BCUT2D eigenvalue weighted by Crippen LogP contribution is 2.16. The van der Waals surface area contributed by atoms with E-state index in [-0.39, 0.29) is 30.3 Å². The van der Waals surface area contributed by atoms with Gasteiger partial charge in [-0.05, 0) is 40.7 Å². The van der Waals surface area contributed by atoms with Crippen molar-refractivity contribution in [3.8, 4) is 0 Å². The van der Waals surface area contributed by atoms with E-state index in [0.29, 0.717) is 19.6 Å². The Hall–Kier alpha value is -1.01. The molecule has 0 unspecified atom stereocenters. The van der Waals surface area contributed by atoms with Crippen molar-refractivity contribution in [1.82, 2.24) is 10.6 Å². The summed E-state index contributed by atoms with van der Waals surface area (Å²) < 4.78 is 10.2. The van der Waals surface area contributed by atoms with E-state index in [1.165, 1.54) is 0 Å². The van der Waals surface area contributed by atoms with E-state index in [4.69, 9.17) is 9.47 Å². The molecule has 20 heavy (non-hydrogen) atoms. The Balaban J connectivity index is 0.00000361. The van der Waals surface area contributed by atoms with Gasteiger partial charge in [-0.15, -0.1) is 12.4 Å². The summed E-state index contributed by atoms with van der Waals surface area (Å²) in [5.41, 5.74) is -0.550. The summed E-state index contributed by atoms with van der Waals surface area (Å²) in [5, 5.41) is 5.89. The van der Waals surface area contributed by atoms with Crippen LogP contribution in [0.1, 0.15) is 34.1 Å².